The minimum atomic E-state index is -0.421. The number of nitrogens with zero attached hydrogens (tertiary/aromatic N) is 1. The first-order valence-electron chi connectivity index (χ1n) is 7.53. The molecule has 2 aromatic carbocycles. The molecule has 124 valence electrons. The molecule has 6 heteroatoms. The van der Waals surface area contributed by atoms with Gasteiger partial charge in [0.2, 0.25) is 0 Å². The Labute approximate surface area is 143 Å². The first-order chi connectivity index (χ1) is 11.7. The van der Waals surface area contributed by atoms with Crippen LogP contribution in [0.15, 0.2) is 42.5 Å². The van der Waals surface area contributed by atoms with Gasteiger partial charge >= 0.3 is 5.97 Å². The second kappa shape index (κ2) is 7.31. The monoisotopic (exact) mass is 343 g/mol. The Hall–Kier alpha value is -2.60. The molecule has 24 heavy (non-hydrogen) atoms. The molecule has 0 aliphatic carbocycles. The highest BCUT2D eigenvalue weighted by molar-refractivity contribution is 7.18. The molecule has 0 N–H and O–H groups in total. The lowest BCUT2D eigenvalue weighted by molar-refractivity contribution is 0.0472. The maximum Gasteiger partial charge on any atom is 0.338 e. The Kier molecular flexibility index (Phi) is 4.96. The number of rotatable bonds is 6. The Balaban J connectivity index is 1.70. The van der Waals surface area contributed by atoms with Crippen LogP contribution in [0.1, 0.15) is 22.3 Å². The first-order valence-corrected chi connectivity index (χ1v) is 8.35. The van der Waals surface area contributed by atoms with E-state index in [4.69, 9.17) is 14.2 Å². The lowest BCUT2D eigenvalue weighted by Gasteiger charge is -2.10. The van der Waals surface area contributed by atoms with Crippen LogP contribution in [-0.2, 0) is 11.3 Å². The number of esters is 1. The minimum Gasteiger partial charge on any atom is -0.493 e. The number of carbonyl (C=O) groups is 1. The molecule has 5 nitrogen and oxygen atoms in total. The van der Waals surface area contributed by atoms with Crippen LogP contribution < -0.4 is 9.47 Å². The van der Waals surface area contributed by atoms with Crippen molar-refractivity contribution in [3.05, 3.63) is 53.0 Å². The van der Waals surface area contributed by atoms with Gasteiger partial charge in [0.15, 0.2) is 11.5 Å². The van der Waals surface area contributed by atoms with Crippen molar-refractivity contribution in [2.45, 2.75) is 13.5 Å². The van der Waals surface area contributed by atoms with Crippen molar-refractivity contribution in [3.8, 4) is 11.5 Å². The van der Waals surface area contributed by atoms with Gasteiger partial charge in [0.25, 0.3) is 0 Å². The van der Waals surface area contributed by atoms with Crippen LogP contribution in [0, 0.1) is 0 Å². The standard InChI is InChI=1S/C18H17NO4S/c1-3-22-14-9-8-12(10-15(14)21-2)18(20)23-11-17-19-13-6-4-5-7-16(13)24-17/h4-10H,3,11H2,1-2H3. The summed E-state index contributed by atoms with van der Waals surface area (Å²) in [7, 11) is 1.54. The highest BCUT2D eigenvalue weighted by Crippen LogP contribution is 2.28. The van der Waals surface area contributed by atoms with Crippen molar-refractivity contribution in [1.29, 1.82) is 0 Å². The summed E-state index contributed by atoms with van der Waals surface area (Å²) in [5.74, 6) is 0.685. The van der Waals surface area contributed by atoms with Gasteiger partial charge in [0.1, 0.15) is 11.6 Å². The van der Waals surface area contributed by atoms with Crippen LogP contribution in [0.5, 0.6) is 11.5 Å². The van der Waals surface area contributed by atoms with Gasteiger partial charge in [-0.05, 0) is 37.3 Å². The molecule has 1 heterocycles. The topological polar surface area (TPSA) is 57.7 Å². The fraction of sp³-hybridized carbons (Fsp3) is 0.222. The lowest BCUT2D eigenvalue weighted by Crippen LogP contribution is -2.06. The van der Waals surface area contributed by atoms with E-state index in [0.29, 0.717) is 23.7 Å². The second-order valence-electron chi connectivity index (χ2n) is 4.95. The zero-order valence-electron chi connectivity index (χ0n) is 13.4. The predicted octanol–water partition coefficient (Wildman–Crippen LogP) is 4.06. The third kappa shape index (κ3) is 3.49. The number of para-hydroxylation sites is 1. The molecule has 0 saturated carbocycles. The van der Waals surface area contributed by atoms with Crippen molar-refractivity contribution >= 4 is 27.5 Å². The molecule has 0 unspecified atom stereocenters. The van der Waals surface area contributed by atoms with Crippen molar-refractivity contribution < 1.29 is 19.0 Å². The lowest BCUT2D eigenvalue weighted by atomic mass is 10.2. The van der Waals surface area contributed by atoms with Crippen LogP contribution in [0.25, 0.3) is 10.2 Å². The summed E-state index contributed by atoms with van der Waals surface area (Å²) in [5.41, 5.74) is 1.33. The number of methoxy groups -OCH3 is 1. The molecule has 1 aromatic heterocycles. The zero-order valence-corrected chi connectivity index (χ0v) is 14.3. The van der Waals surface area contributed by atoms with Crippen molar-refractivity contribution in [2.24, 2.45) is 0 Å². The van der Waals surface area contributed by atoms with Gasteiger partial charge in [0, 0.05) is 0 Å². The van der Waals surface area contributed by atoms with E-state index in [0.717, 1.165) is 15.2 Å². The van der Waals surface area contributed by atoms with Crippen LogP contribution in [-0.4, -0.2) is 24.7 Å². The quantitative estimate of drug-likeness (QED) is 0.632. The summed E-state index contributed by atoms with van der Waals surface area (Å²) in [4.78, 5) is 16.7. The van der Waals surface area contributed by atoms with E-state index in [1.807, 2.05) is 31.2 Å². The van der Waals surface area contributed by atoms with Crippen LogP contribution in [0.3, 0.4) is 0 Å². The van der Waals surface area contributed by atoms with Crippen molar-refractivity contribution in [2.75, 3.05) is 13.7 Å². The van der Waals surface area contributed by atoms with Gasteiger partial charge in [0.05, 0.1) is 29.5 Å². The normalized spacial score (nSPS) is 10.6. The molecular formula is C18H17NO4S. The van der Waals surface area contributed by atoms with Crippen LogP contribution in [0.2, 0.25) is 0 Å². The van der Waals surface area contributed by atoms with Gasteiger partial charge < -0.3 is 14.2 Å². The number of thiazole rings is 1. The fourth-order valence-electron chi connectivity index (χ4n) is 2.26. The Morgan fingerprint density at radius 3 is 2.75 bits per heavy atom. The van der Waals surface area contributed by atoms with Crippen LogP contribution in [0.4, 0.5) is 0 Å². The summed E-state index contributed by atoms with van der Waals surface area (Å²) >= 11 is 1.52. The highest BCUT2D eigenvalue weighted by Gasteiger charge is 2.13. The number of carbonyl (C=O) groups excluding carboxylic acids is 1. The van der Waals surface area contributed by atoms with Crippen LogP contribution >= 0.6 is 11.3 Å². The summed E-state index contributed by atoms with van der Waals surface area (Å²) in [5, 5.41) is 0.766. The van der Waals surface area contributed by atoms with Gasteiger partial charge in [-0.1, -0.05) is 12.1 Å². The molecule has 0 fully saturated rings. The van der Waals surface area contributed by atoms with E-state index < -0.39 is 5.97 Å². The van der Waals surface area contributed by atoms with Gasteiger partial charge in [-0.25, -0.2) is 9.78 Å². The van der Waals surface area contributed by atoms with E-state index >= 15 is 0 Å². The van der Waals surface area contributed by atoms with Gasteiger partial charge in [-0.15, -0.1) is 11.3 Å². The Bertz CT molecular complexity index is 826. The molecule has 0 radical (unpaired) electrons. The van der Waals surface area contributed by atoms with E-state index in [-0.39, 0.29) is 6.61 Å². The van der Waals surface area contributed by atoms with Crippen molar-refractivity contribution in [3.63, 3.8) is 0 Å². The van der Waals surface area contributed by atoms with E-state index in [9.17, 15) is 4.79 Å². The molecule has 0 bridgehead atoms. The molecule has 0 amide bonds. The largest absolute Gasteiger partial charge is 0.493 e. The summed E-state index contributed by atoms with van der Waals surface area (Å²) in [6.45, 7) is 2.56. The maximum absolute atomic E-state index is 12.2. The molecule has 0 aliphatic rings. The molecule has 3 rings (SSSR count). The SMILES string of the molecule is CCOc1ccc(C(=O)OCc2nc3ccccc3s2)cc1OC. The molecule has 0 atom stereocenters. The smallest absolute Gasteiger partial charge is 0.338 e. The average Bonchev–Trinajstić information content (AvgIpc) is 3.03. The van der Waals surface area contributed by atoms with Gasteiger partial charge in [-0.2, -0.15) is 0 Å². The third-order valence-corrected chi connectivity index (χ3v) is 4.37. The minimum absolute atomic E-state index is 0.147. The van der Waals surface area contributed by atoms with E-state index in [2.05, 4.69) is 4.98 Å². The molecule has 0 aliphatic heterocycles. The first kappa shape index (κ1) is 16.3. The summed E-state index contributed by atoms with van der Waals surface area (Å²) in [6, 6.07) is 12.8. The zero-order chi connectivity index (χ0) is 16.9. The van der Waals surface area contributed by atoms with E-state index in [1.54, 1.807) is 18.2 Å². The average molecular weight is 343 g/mol. The number of hydrogen-bond acceptors (Lipinski definition) is 6. The summed E-state index contributed by atoms with van der Waals surface area (Å²) < 4.78 is 17.1. The fourth-order valence-corrected chi connectivity index (χ4v) is 3.14. The second-order valence-corrected chi connectivity index (χ2v) is 6.07. The number of fused-ring (bicyclic) bond motifs is 1. The number of aromatic nitrogens is 1. The maximum atomic E-state index is 12.2. The van der Waals surface area contributed by atoms with Crippen molar-refractivity contribution in [1.82, 2.24) is 4.98 Å². The summed E-state index contributed by atoms with van der Waals surface area (Å²) in [6.07, 6.45) is 0. The number of benzene rings is 2. The third-order valence-electron chi connectivity index (χ3n) is 3.36. The Morgan fingerprint density at radius 1 is 1.17 bits per heavy atom. The van der Waals surface area contributed by atoms with Gasteiger partial charge in [-0.3, -0.25) is 0 Å². The number of ether oxygens (including phenoxy) is 3. The van der Waals surface area contributed by atoms with E-state index in [1.165, 1.54) is 18.4 Å². The molecule has 0 spiro atoms. The molecule has 3 aromatic rings. The predicted molar refractivity (Wildman–Crippen MR) is 92.9 cm³/mol. The highest BCUT2D eigenvalue weighted by atomic mass is 32.1. The molecule has 0 saturated heterocycles. The number of hydrogen-bond donors (Lipinski definition) is 0. The molecular weight excluding hydrogens is 326 g/mol. The Morgan fingerprint density at radius 2 is 2.00 bits per heavy atom.